The zero-order valence-corrected chi connectivity index (χ0v) is 7.64. The highest BCUT2D eigenvalue weighted by Gasteiger charge is 2.23. The smallest absolute Gasteiger partial charge is 0.334 e. The van der Waals surface area contributed by atoms with Crippen molar-refractivity contribution in [3.63, 3.8) is 0 Å². The normalized spacial score (nSPS) is 14.0. The molecule has 0 atom stereocenters. The van der Waals surface area contributed by atoms with Crippen LogP contribution in [0.5, 0.6) is 6.01 Å². The lowest BCUT2D eigenvalue weighted by atomic mass is 10.2. The highest BCUT2D eigenvalue weighted by Crippen LogP contribution is 2.16. The predicted molar refractivity (Wildman–Crippen MR) is 51.6 cm³/mol. The number of para-hydroxylation sites is 1. The van der Waals surface area contributed by atoms with Crippen molar-refractivity contribution in [2.24, 2.45) is 0 Å². The Labute approximate surface area is 83.9 Å². The van der Waals surface area contributed by atoms with Crippen LogP contribution in [0.15, 0.2) is 29.1 Å². The number of rotatable bonds is 0. The lowest BCUT2D eigenvalue weighted by Crippen LogP contribution is -2.19. The van der Waals surface area contributed by atoms with Gasteiger partial charge in [-0.2, -0.15) is 4.98 Å². The number of carbonyl (C=O) groups excluding carboxylic acids is 1. The summed E-state index contributed by atoms with van der Waals surface area (Å²) in [4.78, 5) is 27.0. The molecule has 0 saturated heterocycles. The fourth-order valence-electron chi connectivity index (χ4n) is 1.63. The quantitative estimate of drug-likeness (QED) is 0.577. The number of nitrogens with zero attached hydrogens (tertiary/aromatic N) is 2. The molecule has 0 amide bonds. The third-order valence-electron chi connectivity index (χ3n) is 2.32. The molecule has 1 aromatic heterocycles. The van der Waals surface area contributed by atoms with Gasteiger partial charge in [-0.15, -0.1) is 0 Å². The lowest BCUT2D eigenvalue weighted by Gasteiger charge is -2.00. The number of esters is 1. The Balaban J connectivity index is 2.45. The van der Waals surface area contributed by atoms with E-state index in [9.17, 15) is 9.59 Å². The molecular weight excluding hydrogens is 196 g/mol. The second-order valence-electron chi connectivity index (χ2n) is 3.28. The largest absolute Gasteiger partial charge is 0.391 e. The Morgan fingerprint density at radius 2 is 2.07 bits per heavy atom. The Bertz CT molecular complexity index is 630. The Morgan fingerprint density at radius 3 is 2.93 bits per heavy atom. The van der Waals surface area contributed by atoms with E-state index in [0.29, 0.717) is 10.9 Å². The molecule has 0 spiro atoms. The van der Waals surface area contributed by atoms with Crippen molar-refractivity contribution in [2.45, 2.75) is 6.54 Å². The van der Waals surface area contributed by atoms with Crippen molar-refractivity contribution >= 4 is 16.9 Å². The first-order valence-electron chi connectivity index (χ1n) is 4.46. The van der Waals surface area contributed by atoms with Gasteiger partial charge in [0.25, 0.3) is 5.56 Å². The van der Waals surface area contributed by atoms with Gasteiger partial charge in [0.05, 0.1) is 10.9 Å². The fourth-order valence-corrected chi connectivity index (χ4v) is 1.63. The van der Waals surface area contributed by atoms with Crippen molar-refractivity contribution in [3.05, 3.63) is 34.6 Å². The molecule has 0 N–H and O–H groups in total. The van der Waals surface area contributed by atoms with Crippen LogP contribution in [0.4, 0.5) is 0 Å². The minimum absolute atomic E-state index is 0.0496. The van der Waals surface area contributed by atoms with Crippen molar-refractivity contribution in [1.29, 1.82) is 0 Å². The second-order valence-corrected chi connectivity index (χ2v) is 3.28. The molecule has 74 valence electrons. The maximum absolute atomic E-state index is 11.9. The zero-order valence-electron chi connectivity index (χ0n) is 7.64. The number of benzene rings is 1. The van der Waals surface area contributed by atoms with Crippen LogP contribution in [0.2, 0.25) is 0 Å². The van der Waals surface area contributed by atoms with Crippen molar-refractivity contribution in [3.8, 4) is 6.01 Å². The average Bonchev–Trinajstić information content (AvgIpc) is 2.59. The summed E-state index contributed by atoms with van der Waals surface area (Å²) >= 11 is 0. The van der Waals surface area contributed by atoms with Gasteiger partial charge in [-0.3, -0.25) is 9.36 Å². The number of carbonyl (C=O) groups is 1. The minimum atomic E-state index is -0.449. The van der Waals surface area contributed by atoms with Crippen molar-refractivity contribution < 1.29 is 9.53 Å². The number of ether oxygens (including phenoxy) is 1. The molecule has 0 unspecified atom stereocenters. The molecule has 5 heteroatoms. The molecule has 3 rings (SSSR count). The first-order valence-corrected chi connectivity index (χ1v) is 4.46. The molecule has 1 aliphatic heterocycles. The highest BCUT2D eigenvalue weighted by atomic mass is 16.6. The first kappa shape index (κ1) is 8.16. The van der Waals surface area contributed by atoms with Gasteiger partial charge >= 0.3 is 12.0 Å². The SMILES string of the molecule is O=C1Cn2c(nc3ccccc3c2=O)O1. The van der Waals surface area contributed by atoms with E-state index in [4.69, 9.17) is 4.74 Å². The maximum atomic E-state index is 11.9. The van der Waals surface area contributed by atoms with E-state index in [1.165, 1.54) is 4.57 Å². The average molecular weight is 202 g/mol. The van der Waals surface area contributed by atoms with E-state index in [2.05, 4.69) is 4.98 Å². The maximum Gasteiger partial charge on any atom is 0.334 e. The molecule has 15 heavy (non-hydrogen) atoms. The standard InChI is InChI=1S/C10H6N2O3/c13-8-5-12-9(14)6-3-1-2-4-7(6)11-10(12)15-8/h1-4H,5H2. The number of hydrogen-bond acceptors (Lipinski definition) is 4. The summed E-state index contributed by atoms with van der Waals surface area (Å²) in [5.74, 6) is -0.449. The van der Waals surface area contributed by atoms with Crippen LogP contribution in [0.25, 0.3) is 10.9 Å². The molecule has 2 heterocycles. The van der Waals surface area contributed by atoms with Gasteiger partial charge in [-0.1, -0.05) is 12.1 Å². The number of aromatic nitrogens is 2. The van der Waals surface area contributed by atoms with E-state index in [1.807, 2.05) is 0 Å². The topological polar surface area (TPSA) is 61.2 Å². The van der Waals surface area contributed by atoms with Crippen LogP contribution in [0.3, 0.4) is 0 Å². The van der Waals surface area contributed by atoms with Crippen molar-refractivity contribution in [2.75, 3.05) is 0 Å². The molecular formula is C10H6N2O3. The number of fused-ring (bicyclic) bond motifs is 2. The summed E-state index contributed by atoms with van der Waals surface area (Å²) in [5, 5.41) is 0.500. The molecule has 0 fully saturated rings. The predicted octanol–water partition coefficient (Wildman–Crippen LogP) is 0.315. The molecule has 0 radical (unpaired) electrons. The molecule has 5 nitrogen and oxygen atoms in total. The molecule has 1 aromatic carbocycles. The zero-order chi connectivity index (χ0) is 10.4. The van der Waals surface area contributed by atoms with E-state index < -0.39 is 5.97 Å². The second kappa shape index (κ2) is 2.66. The summed E-state index contributed by atoms with van der Waals surface area (Å²) in [5.41, 5.74) is 0.310. The lowest BCUT2D eigenvalue weighted by molar-refractivity contribution is -0.132. The highest BCUT2D eigenvalue weighted by molar-refractivity contribution is 5.80. The van der Waals surface area contributed by atoms with Crippen LogP contribution in [0.1, 0.15) is 0 Å². The summed E-state index contributed by atoms with van der Waals surface area (Å²) in [6.07, 6.45) is 0. The van der Waals surface area contributed by atoms with Crippen LogP contribution >= 0.6 is 0 Å². The third kappa shape index (κ3) is 1.06. The van der Waals surface area contributed by atoms with Gasteiger partial charge in [0.2, 0.25) is 0 Å². The monoisotopic (exact) mass is 202 g/mol. The Morgan fingerprint density at radius 1 is 1.27 bits per heavy atom. The first-order chi connectivity index (χ1) is 7.25. The summed E-state index contributed by atoms with van der Waals surface area (Å²) in [6.45, 7) is -0.0496. The van der Waals surface area contributed by atoms with Gasteiger partial charge in [0, 0.05) is 0 Å². The van der Waals surface area contributed by atoms with E-state index >= 15 is 0 Å². The summed E-state index contributed by atoms with van der Waals surface area (Å²) in [7, 11) is 0. The third-order valence-corrected chi connectivity index (χ3v) is 2.32. The fraction of sp³-hybridized carbons (Fsp3) is 0.100. The minimum Gasteiger partial charge on any atom is -0.391 e. The van der Waals surface area contributed by atoms with Gasteiger partial charge in [-0.25, -0.2) is 4.79 Å². The van der Waals surface area contributed by atoms with E-state index in [-0.39, 0.29) is 18.1 Å². The van der Waals surface area contributed by atoms with Crippen LogP contribution in [-0.2, 0) is 11.3 Å². The molecule has 2 aromatic rings. The molecule has 0 bridgehead atoms. The van der Waals surface area contributed by atoms with E-state index in [0.717, 1.165) is 0 Å². The summed E-state index contributed by atoms with van der Waals surface area (Å²) < 4.78 is 6.05. The van der Waals surface area contributed by atoms with Gasteiger partial charge in [-0.05, 0) is 12.1 Å². The van der Waals surface area contributed by atoms with Crippen molar-refractivity contribution in [1.82, 2.24) is 9.55 Å². The van der Waals surface area contributed by atoms with E-state index in [1.54, 1.807) is 24.3 Å². The van der Waals surface area contributed by atoms with Gasteiger partial charge in [0.15, 0.2) is 0 Å². The van der Waals surface area contributed by atoms with Gasteiger partial charge < -0.3 is 4.74 Å². The summed E-state index contributed by atoms with van der Waals surface area (Å²) in [6, 6.07) is 7.02. The van der Waals surface area contributed by atoms with Gasteiger partial charge in [0.1, 0.15) is 6.54 Å². The molecule has 0 aliphatic carbocycles. The van der Waals surface area contributed by atoms with Crippen LogP contribution in [0, 0.1) is 0 Å². The molecule has 0 saturated carbocycles. The van der Waals surface area contributed by atoms with Crippen LogP contribution in [-0.4, -0.2) is 15.5 Å². The Hall–Kier alpha value is -2.17. The molecule has 1 aliphatic rings. The Kier molecular flexibility index (Phi) is 1.45. The number of hydrogen-bond donors (Lipinski definition) is 0. The van der Waals surface area contributed by atoms with Crippen LogP contribution < -0.4 is 10.3 Å².